The standard InChI is InChI=1S/C28H35ClF2N4O/c1-3-4-9-34-14-20(15-34)32-19-11-23(30)26(24(31)12-19)28-27-22(21-7-5-6-8-25(21)33-27)10-17(2)35(28)13-18(29)16-36/h5-8,11-12,17-18,20,28,32-33,36H,3-4,9-10,13-16H2,1-2H3. The minimum absolute atomic E-state index is 0.0138. The number of alkyl halides is 1. The number of aliphatic hydroxyl groups is 1. The van der Waals surface area contributed by atoms with Crippen molar-refractivity contribution in [2.75, 3.05) is 38.1 Å². The van der Waals surface area contributed by atoms with E-state index in [2.05, 4.69) is 22.1 Å². The van der Waals surface area contributed by atoms with Crippen LogP contribution in [0.15, 0.2) is 36.4 Å². The first kappa shape index (κ1) is 25.5. The van der Waals surface area contributed by atoms with E-state index in [1.54, 1.807) is 0 Å². The molecule has 3 atom stereocenters. The highest BCUT2D eigenvalue weighted by atomic mass is 35.5. The summed E-state index contributed by atoms with van der Waals surface area (Å²) in [6, 6.07) is 10.3. The molecule has 0 bridgehead atoms. The third-order valence-electron chi connectivity index (χ3n) is 7.63. The van der Waals surface area contributed by atoms with Crippen LogP contribution in [0.1, 0.15) is 49.6 Å². The zero-order valence-electron chi connectivity index (χ0n) is 20.9. The molecule has 1 saturated heterocycles. The lowest BCUT2D eigenvalue weighted by atomic mass is 9.87. The van der Waals surface area contributed by atoms with Crippen LogP contribution >= 0.6 is 11.6 Å². The van der Waals surface area contributed by atoms with Gasteiger partial charge >= 0.3 is 0 Å². The summed E-state index contributed by atoms with van der Waals surface area (Å²) in [5, 5.41) is 13.5. The number of H-pyrrole nitrogens is 1. The van der Waals surface area contributed by atoms with E-state index in [1.165, 1.54) is 12.1 Å². The third-order valence-corrected chi connectivity index (χ3v) is 7.91. The summed E-state index contributed by atoms with van der Waals surface area (Å²) in [7, 11) is 0. The minimum atomic E-state index is -0.675. The Morgan fingerprint density at radius 2 is 1.92 bits per heavy atom. The number of nitrogens with zero attached hydrogens (tertiary/aromatic N) is 2. The molecule has 5 nitrogen and oxygen atoms in total. The Morgan fingerprint density at radius 1 is 1.19 bits per heavy atom. The molecule has 0 aliphatic carbocycles. The average molecular weight is 517 g/mol. The number of likely N-dealkylation sites (tertiary alicyclic amines) is 1. The van der Waals surface area contributed by atoms with Crippen molar-refractivity contribution < 1.29 is 13.9 Å². The van der Waals surface area contributed by atoms with Gasteiger partial charge in [-0.3, -0.25) is 9.80 Å². The van der Waals surface area contributed by atoms with Gasteiger partial charge in [0.25, 0.3) is 0 Å². The molecule has 8 heteroatoms. The number of aromatic amines is 1. The van der Waals surface area contributed by atoms with Crippen molar-refractivity contribution >= 4 is 28.2 Å². The van der Waals surface area contributed by atoms with Gasteiger partial charge < -0.3 is 15.4 Å². The number of benzene rings is 2. The molecule has 2 aliphatic heterocycles. The Hall–Kier alpha value is -2.19. The number of aromatic nitrogens is 1. The minimum Gasteiger partial charge on any atom is -0.395 e. The van der Waals surface area contributed by atoms with E-state index >= 15 is 8.78 Å². The number of unbranched alkanes of at least 4 members (excludes halogenated alkanes) is 1. The Morgan fingerprint density at radius 3 is 2.61 bits per heavy atom. The van der Waals surface area contributed by atoms with E-state index < -0.39 is 23.1 Å². The maximum atomic E-state index is 15.8. The molecule has 36 heavy (non-hydrogen) atoms. The molecule has 5 rings (SSSR count). The van der Waals surface area contributed by atoms with Crippen LogP contribution < -0.4 is 5.32 Å². The van der Waals surface area contributed by atoms with Gasteiger partial charge in [-0.2, -0.15) is 0 Å². The van der Waals surface area contributed by atoms with Crippen molar-refractivity contribution in [3.8, 4) is 0 Å². The van der Waals surface area contributed by atoms with Crippen molar-refractivity contribution in [1.82, 2.24) is 14.8 Å². The largest absolute Gasteiger partial charge is 0.395 e. The molecular formula is C28H35ClF2N4O. The smallest absolute Gasteiger partial charge is 0.133 e. The summed E-state index contributed by atoms with van der Waals surface area (Å²) in [6.07, 6.45) is 3.05. The van der Waals surface area contributed by atoms with Gasteiger partial charge in [0.2, 0.25) is 0 Å². The number of para-hydroxylation sites is 1. The van der Waals surface area contributed by atoms with Crippen LogP contribution in [-0.4, -0.2) is 70.1 Å². The van der Waals surface area contributed by atoms with Gasteiger partial charge in [-0.25, -0.2) is 8.78 Å². The highest BCUT2D eigenvalue weighted by Gasteiger charge is 2.39. The second-order valence-corrected chi connectivity index (χ2v) is 10.9. The molecular weight excluding hydrogens is 482 g/mol. The summed E-state index contributed by atoms with van der Waals surface area (Å²) >= 11 is 6.35. The normalized spacial score (nSPS) is 21.9. The fraction of sp³-hybridized carbons (Fsp3) is 0.500. The monoisotopic (exact) mass is 516 g/mol. The molecule has 1 aromatic heterocycles. The summed E-state index contributed by atoms with van der Waals surface area (Å²) in [5.74, 6) is -1.16. The highest BCUT2D eigenvalue weighted by Crippen LogP contribution is 2.43. The zero-order chi connectivity index (χ0) is 25.4. The Bertz CT molecular complexity index is 1190. The molecule has 0 radical (unpaired) electrons. The first-order valence-electron chi connectivity index (χ1n) is 13.0. The van der Waals surface area contributed by atoms with Crippen molar-refractivity contribution in [3.05, 3.63) is 64.9 Å². The van der Waals surface area contributed by atoms with E-state index in [-0.39, 0.29) is 24.3 Å². The predicted octanol–water partition coefficient (Wildman–Crippen LogP) is 5.28. The van der Waals surface area contributed by atoms with E-state index in [0.717, 1.165) is 61.1 Å². The van der Waals surface area contributed by atoms with E-state index in [9.17, 15) is 5.11 Å². The van der Waals surface area contributed by atoms with Crippen LogP contribution in [0.4, 0.5) is 14.5 Å². The van der Waals surface area contributed by atoms with Gasteiger partial charge in [-0.05, 0) is 50.1 Å². The lowest BCUT2D eigenvalue weighted by Crippen LogP contribution is -2.54. The maximum absolute atomic E-state index is 15.8. The molecule has 3 unspecified atom stereocenters. The number of anilines is 1. The Kier molecular flexibility index (Phi) is 7.54. The summed E-state index contributed by atoms with van der Waals surface area (Å²) in [5.41, 5.74) is 3.30. The molecule has 2 aromatic carbocycles. The second kappa shape index (κ2) is 10.7. The van der Waals surface area contributed by atoms with Gasteiger partial charge in [0.15, 0.2) is 0 Å². The topological polar surface area (TPSA) is 54.5 Å². The van der Waals surface area contributed by atoms with E-state index in [1.807, 2.05) is 36.1 Å². The summed E-state index contributed by atoms with van der Waals surface area (Å²) in [6.45, 7) is 7.16. The number of rotatable bonds is 9. The van der Waals surface area contributed by atoms with Crippen molar-refractivity contribution in [2.24, 2.45) is 0 Å². The fourth-order valence-corrected chi connectivity index (χ4v) is 5.94. The number of hydrogen-bond acceptors (Lipinski definition) is 4. The first-order chi connectivity index (χ1) is 17.4. The van der Waals surface area contributed by atoms with Crippen LogP contribution in [0.5, 0.6) is 0 Å². The van der Waals surface area contributed by atoms with Crippen LogP contribution in [0.25, 0.3) is 10.9 Å². The second-order valence-electron chi connectivity index (χ2n) is 10.3. The molecule has 3 N–H and O–H groups in total. The van der Waals surface area contributed by atoms with Crippen molar-refractivity contribution in [2.45, 2.75) is 56.6 Å². The maximum Gasteiger partial charge on any atom is 0.133 e. The Labute approximate surface area is 216 Å². The molecule has 3 heterocycles. The van der Waals surface area contributed by atoms with E-state index in [0.29, 0.717) is 12.2 Å². The van der Waals surface area contributed by atoms with Crippen LogP contribution in [-0.2, 0) is 6.42 Å². The Balaban J connectivity index is 1.48. The highest BCUT2D eigenvalue weighted by molar-refractivity contribution is 6.20. The number of fused-ring (bicyclic) bond motifs is 3. The number of aliphatic hydroxyl groups excluding tert-OH is 1. The molecule has 1 fully saturated rings. The average Bonchev–Trinajstić information content (AvgIpc) is 3.19. The predicted molar refractivity (Wildman–Crippen MR) is 142 cm³/mol. The lowest BCUT2D eigenvalue weighted by Gasteiger charge is -2.42. The third kappa shape index (κ3) is 4.86. The van der Waals surface area contributed by atoms with Gasteiger partial charge in [0, 0.05) is 53.5 Å². The first-order valence-corrected chi connectivity index (χ1v) is 13.4. The molecule has 0 amide bonds. The number of nitrogens with one attached hydrogen (secondary N) is 2. The summed E-state index contributed by atoms with van der Waals surface area (Å²) < 4.78 is 31.5. The lowest BCUT2D eigenvalue weighted by molar-refractivity contribution is 0.131. The molecule has 0 spiro atoms. The molecule has 2 aliphatic rings. The SMILES string of the molecule is CCCCN1CC(Nc2cc(F)c(C3c4[nH]c5ccccc5c4CC(C)N3CC(Cl)CO)c(F)c2)C1. The van der Waals surface area contributed by atoms with Crippen LogP contribution in [0, 0.1) is 11.6 Å². The van der Waals surface area contributed by atoms with Crippen LogP contribution in [0.3, 0.4) is 0 Å². The van der Waals surface area contributed by atoms with Crippen molar-refractivity contribution in [3.63, 3.8) is 0 Å². The number of hydrogen-bond donors (Lipinski definition) is 3. The molecule has 0 saturated carbocycles. The van der Waals surface area contributed by atoms with Gasteiger partial charge in [-0.15, -0.1) is 11.6 Å². The molecule has 3 aromatic rings. The van der Waals surface area contributed by atoms with E-state index in [4.69, 9.17) is 11.6 Å². The van der Waals surface area contributed by atoms with Gasteiger partial charge in [0.1, 0.15) is 11.6 Å². The zero-order valence-corrected chi connectivity index (χ0v) is 21.7. The summed E-state index contributed by atoms with van der Waals surface area (Å²) in [4.78, 5) is 7.81. The quantitative estimate of drug-likeness (QED) is 0.339. The number of halogens is 3. The van der Waals surface area contributed by atoms with Gasteiger partial charge in [-0.1, -0.05) is 31.5 Å². The van der Waals surface area contributed by atoms with Crippen LogP contribution in [0.2, 0.25) is 0 Å². The molecule has 194 valence electrons. The fourth-order valence-electron chi connectivity index (χ4n) is 5.78. The van der Waals surface area contributed by atoms with Gasteiger partial charge in [0.05, 0.1) is 24.1 Å². The van der Waals surface area contributed by atoms with Crippen molar-refractivity contribution in [1.29, 1.82) is 0 Å².